The van der Waals surface area contributed by atoms with Crippen molar-refractivity contribution in [1.82, 2.24) is 5.32 Å². The van der Waals surface area contributed by atoms with E-state index in [-0.39, 0.29) is 0 Å². The number of fused-ring (bicyclic) bond motifs is 2. The van der Waals surface area contributed by atoms with Crippen LogP contribution in [0.15, 0.2) is 0 Å². The molecule has 0 saturated carbocycles. The Morgan fingerprint density at radius 3 is 3.44 bits per heavy atom. The molecule has 2 saturated heterocycles. The van der Waals surface area contributed by atoms with Crippen LogP contribution in [0.2, 0.25) is 0 Å². The molecule has 2 heterocycles. The van der Waals surface area contributed by atoms with E-state index in [9.17, 15) is 0 Å². The van der Waals surface area contributed by atoms with Crippen molar-refractivity contribution >= 4 is 0 Å². The molecule has 2 heteroatoms. The molecule has 2 fully saturated rings. The molecule has 0 amide bonds. The molecule has 2 aliphatic rings. The van der Waals surface area contributed by atoms with E-state index in [1.165, 1.54) is 25.8 Å². The predicted molar refractivity (Wildman–Crippen MR) is 35.4 cm³/mol. The molecule has 2 rings (SSSR count). The van der Waals surface area contributed by atoms with Crippen LogP contribution in [0.5, 0.6) is 0 Å². The largest absolute Gasteiger partial charge is 0.377 e. The molecule has 9 heavy (non-hydrogen) atoms. The summed E-state index contributed by atoms with van der Waals surface area (Å²) in [6, 6.07) is 0.678. The molecule has 0 aromatic carbocycles. The van der Waals surface area contributed by atoms with Crippen LogP contribution in [0.1, 0.15) is 19.3 Å². The topological polar surface area (TPSA) is 21.3 Å². The van der Waals surface area contributed by atoms with E-state index >= 15 is 0 Å². The quantitative estimate of drug-likeness (QED) is 0.512. The van der Waals surface area contributed by atoms with Gasteiger partial charge in [-0.25, -0.2) is 0 Å². The number of ether oxygens (including phenoxy) is 1. The second-order valence-electron chi connectivity index (χ2n) is 2.98. The molecule has 0 aromatic heterocycles. The van der Waals surface area contributed by atoms with Crippen LogP contribution in [0.25, 0.3) is 0 Å². The van der Waals surface area contributed by atoms with Gasteiger partial charge < -0.3 is 10.1 Å². The molecular formula is C7H13NO. The summed E-state index contributed by atoms with van der Waals surface area (Å²) in [5.74, 6) is 0. The van der Waals surface area contributed by atoms with E-state index in [2.05, 4.69) is 5.32 Å². The molecule has 2 aliphatic heterocycles. The van der Waals surface area contributed by atoms with Crippen LogP contribution in [0.3, 0.4) is 0 Å². The number of hydrogen-bond acceptors (Lipinski definition) is 2. The third kappa shape index (κ3) is 1.10. The van der Waals surface area contributed by atoms with Gasteiger partial charge in [0.25, 0.3) is 0 Å². The van der Waals surface area contributed by atoms with Gasteiger partial charge in [-0.2, -0.15) is 0 Å². The minimum atomic E-state index is 0.588. The molecule has 1 N–H and O–H groups in total. The van der Waals surface area contributed by atoms with Gasteiger partial charge in [-0.15, -0.1) is 0 Å². The van der Waals surface area contributed by atoms with E-state index in [1.54, 1.807) is 0 Å². The van der Waals surface area contributed by atoms with E-state index in [4.69, 9.17) is 4.74 Å². The lowest BCUT2D eigenvalue weighted by atomic mass is 10.1. The fourth-order valence-electron chi connectivity index (χ4n) is 1.69. The third-order valence-corrected chi connectivity index (χ3v) is 2.22. The Labute approximate surface area is 55.6 Å². The summed E-state index contributed by atoms with van der Waals surface area (Å²) in [7, 11) is 0. The lowest BCUT2D eigenvalue weighted by Crippen LogP contribution is -2.29. The monoisotopic (exact) mass is 127 g/mol. The summed E-state index contributed by atoms with van der Waals surface area (Å²) in [6.07, 6.45) is 4.40. The number of rotatable bonds is 0. The third-order valence-electron chi connectivity index (χ3n) is 2.22. The van der Waals surface area contributed by atoms with Crippen molar-refractivity contribution in [2.75, 3.05) is 13.2 Å². The van der Waals surface area contributed by atoms with Crippen molar-refractivity contribution in [3.8, 4) is 0 Å². The minimum absolute atomic E-state index is 0.588. The Kier molecular flexibility index (Phi) is 1.44. The summed E-state index contributed by atoms with van der Waals surface area (Å²) in [4.78, 5) is 0. The van der Waals surface area contributed by atoms with Crippen LogP contribution in [-0.4, -0.2) is 25.3 Å². The molecule has 52 valence electrons. The molecule has 2 nitrogen and oxygen atoms in total. The second kappa shape index (κ2) is 2.27. The van der Waals surface area contributed by atoms with Gasteiger partial charge in [-0.3, -0.25) is 0 Å². The lowest BCUT2D eigenvalue weighted by Gasteiger charge is -2.09. The first-order valence-electron chi connectivity index (χ1n) is 3.80. The fourth-order valence-corrected chi connectivity index (χ4v) is 1.69. The van der Waals surface area contributed by atoms with Gasteiger partial charge in [0.05, 0.1) is 12.7 Å². The Morgan fingerprint density at radius 1 is 1.44 bits per heavy atom. The van der Waals surface area contributed by atoms with Crippen LogP contribution in [0, 0.1) is 0 Å². The Morgan fingerprint density at radius 2 is 2.44 bits per heavy atom. The van der Waals surface area contributed by atoms with Crippen LogP contribution >= 0.6 is 0 Å². The van der Waals surface area contributed by atoms with Crippen molar-refractivity contribution < 1.29 is 4.74 Å². The smallest absolute Gasteiger partial charge is 0.0624 e. The molecule has 2 unspecified atom stereocenters. The Bertz CT molecular complexity index is 93.1. The molecule has 2 atom stereocenters. The van der Waals surface area contributed by atoms with Crippen LogP contribution < -0.4 is 5.32 Å². The minimum Gasteiger partial charge on any atom is -0.377 e. The van der Waals surface area contributed by atoms with Crippen molar-refractivity contribution in [3.63, 3.8) is 0 Å². The number of hydrogen-bond donors (Lipinski definition) is 1. The van der Waals surface area contributed by atoms with Gasteiger partial charge in [-0.05, 0) is 25.8 Å². The average molecular weight is 127 g/mol. The van der Waals surface area contributed by atoms with Gasteiger partial charge in [0.1, 0.15) is 0 Å². The maximum Gasteiger partial charge on any atom is 0.0624 e. The molecule has 2 bridgehead atoms. The zero-order valence-electron chi connectivity index (χ0n) is 5.60. The first-order valence-corrected chi connectivity index (χ1v) is 3.80. The zero-order chi connectivity index (χ0) is 6.10. The summed E-state index contributed by atoms with van der Waals surface area (Å²) in [6.45, 7) is 2.15. The van der Waals surface area contributed by atoms with Crippen molar-refractivity contribution in [2.24, 2.45) is 0 Å². The van der Waals surface area contributed by atoms with Crippen molar-refractivity contribution in [1.29, 1.82) is 0 Å². The zero-order valence-corrected chi connectivity index (χ0v) is 5.60. The summed E-state index contributed by atoms with van der Waals surface area (Å²) in [5.41, 5.74) is 0. The summed E-state index contributed by atoms with van der Waals surface area (Å²) in [5, 5.41) is 3.45. The first kappa shape index (κ1) is 5.69. The summed E-state index contributed by atoms with van der Waals surface area (Å²) < 4.78 is 5.49. The van der Waals surface area contributed by atoms with Gasteiger partial charge in [0.15, 0.2) is 0 Å². The number of nitrogens with one attached hydrogen (secondary N) is 1. The SMILES string of the molecule is C1CNC2COC(C1)C2. The molecule has 0 spiro atoms. The highest BCUT2D eigenvalue weighted by molar-refractivity contribution is 4.81. The maximum absolute atomic E-state index is 5.49. The highest BCUT2D eigenvalue weighted by Gasteiger charge is 2.26. The van der Waals surface area contributed by atoms with Crippen molar-refractivity contribution in [3.05, 3.63) is 0 Å². The Balaban J connectivity index is 1.99. The average Bonchev–Trinajstić information content (AvgIpc) is 2.09. The van der Waals surface area contributed by atoms with E-state index in [1.807, 2.05) is 0 Å². The highest BCUT2D eigenvalue weighted by atomic mass is 16.5. The Hall–Kier alpha value is -0.0800. The first-order chi connectivity index (χ1) is 4.45. The molecule has 0 aliphatic carbocycles. The van der Waals surface area contributed by atoms with Crippen molar-refractivity contribution in [2.45, 2.75) is 31.4 Å². The predicted octanol–water partition coefficient (Wildman–Crippen LogP) is 0.527. The fraction of sp³-hybridized carbons (Fsp3) is 1.00. The van der Waals surface area contributed by atoms with Gasteiger partial charge in [0.2, 0.25) is 0 Å². The van der Waals surface area contributed by atoms with Gasteiger partial charge >= 0.3 is 0 Å². The van der Waals surface area contributed by atoms with E-state index in [0.717, 1.165) is 6.61 Å². The maximum atomic E-state index is 5.49. The lowest BCUT2D eigenvalue weighted by molar-refractivity contribution is 0.0952. The molecule has 0 radical (unpaired) electrons. The van der Waals surface area contributed by atoms with Gasteiger partial charge in [-0.1, -0.05) is 0 Å². The van der Waals surface area contributed by atoms with E-state index in [0.29, 0.717) is 12.1 Å². The molecular weight excluding hydrogens is 114 g/mol. The normalized spacial score (nSPS) is 42.7. The second-order valence-corrected chi connectivity index (χ2v) is 2.98. The highest BCUT2D eigenvalue weighted by Crippen LogP contribution is 2.20. The standard InChI is InChI=1S/C7H13NO/c1-2-7-4-6(5-9-7)8-3-1/h6-8H,1-5H2. The van der Waals surface area contributed by atoms with Crippen LogP contribution in [-0.2, 0) is 4.74 Å². The van der Waals surface area contributed by atoms with Gasteiger partial charge in [0, 0.05) is 6.04 Å². The van der Waals surface area contributed by atoms with E-state index < -0.39 is 0 Å². The molecule has 0 aromatic rings. The van der Waals surface area contributed by atoms with Crippen LogP contribution in [0.4, 0.5) is 0 Å². The summed E-state index contributed by atoms with van der Waals surface area (Å²) >= 11 is 0.